The van der Waals surface area contributed by atoms with Crippen molar-refractivity contribution in [2.75, 3.05) is 0 Å². The van der Waals surface area contributed by atoms with Gasteiger partial charge in [-0.2, -0.15) is 4.98 Å². The lowest BCUT2D eigenvalue weighted by atomic mass is 10.0. The molecular formula is C19H19N3O3. The Hall–Kier alpha value is -3.15. The van der Waals surface area contributed by atoms with Gasteiger partial charge in [-0.3, -0.25) is 4.79 Å². The number of nitrogens with zero attached hydrogens (tertiary/aromatic N) is 2. The molecule has 0 unspecified atom stereocenters. The van der Waals surface area contributed by atoms with Gasteiger partial charge < -0.3 is 14.6 Å². The van der Waals surface area contributed by atoms with Crippen LogP contribution in [0.3, 0.4) is 0 Å². The van der Waals surface area contributed by atoms with Crippen LogP contribution < -0.4 is 10.1 Å². The number of para-hydroxylation sites is 1. The molecular weight excluding hydrogens is 318 g/mol. The number of benzene rings is 2. The lowest BCUT2D eigenvalue weighted by Crippen LogP contribution is -2.27. The molecule has 1 atom stereocenters. The molecule has 1 amide bonds. The topological polar surface area (TPSA) is 77.2 Å². The second kappa shape index (κ2) is 8.10. The van der Waals surface area contributed by atoms with Crippen LogP contribution in [0, 0.1) is 0 Å². The summed E-state index contributed by atoms with van der Waals surface area (Å²) in [7, 11) is 0. The highest BCUT2D eigenvalue weighted by Gasteiger charge is 2.15. The Balaban J connectivity index is 1.49. The standard InChI is InChI=1S/C19H19N3O3/c1-14(15-8-4-2-5-9-15)19(23)20-12-17-21-18(25-22-17)13-24-16-10-6-3-7-11-16/h2-11,14H,12-13H2,1H3,(H,20,23)/t14-/m1/s1. The molecule has 0 fully saturated rings. The van der Waals surface area contributed by atoms with Crippen LogP contribution in [-0.4, -0.2) is 16.0 Å². The largest absolute Gasteiger partial charge is 0.484 e. The number of carbonyl (C=O) groups excluding carboxylic acids is 1. The minimum Gasteiger partial charge on any atom is -0.484 e. The van der Waals surface area contributed by atoms with Gasteiger partial charge in [0.05, 0.1) is 12.5 Å². The third kappa shape index (κ3) is 4.67. The average molecular weight is 337 g/mol. The van der Waals surface area contributed by atoms with Crippen LogP contribution >= 0.6 is 0 Å². The first-order chi connectivity index (χ1) is 12.2. The van der Waals surface area contributed by atoms with Crippen LogP contribution in [0.1, 0.15) is 30.1 Å². The molecule has 6 heteroatoms. The van der Waals surface area contributed by atoms with E-state index in [1.165, 1.54) is 0 Å². The number of ether oxygens (including phenoxy) is 1. The van der Waals surface area contributed by atoms with Crippen molar-refractivity contribution >= 4 is 5.91 Å². The van der Waals surface area contributed by atoms with Crippen LogP contribution in [0.4, 0.5) is 0 Å². The van der Waals surface area contributed by atoms with Crippen LogP contribution in [0.25, 0.3) is 0 Å². The lowest BCUT2D eigenvalue weighted by Gasteiger charge is -2.11. The normalized spacial score (nSPS) is 11.7. The molecule has 6 nitrogen and oxygen atoms in total. The Morgan fingerprint density at radius 1 is 1.12 bits per heavy atom. The zero-order chi connectivity index (χ0) is 17.5. The summed E-state index contributed by atoms with van der Waals surface area (Å²) in [6, 6.07) is 19.0. The third-order valence-electron chi connectivity index (χ3n) is 3.73. The lowest BCUT2D eigenvalue weighted by molar-refractivity contribution is -0.122. The summed E-state index contributed by atoms with van der Waals surface area (Å²) in [5.74, 6) is 1.18. The predicted molar refractivity (Wildman–Crippen MR) is 91.8 cm³/mol. The van der Waals surface area contributed by atoms with E-state index in [-0.39, 0.29) is 25.0 Å². The van der Waals surface area contributed by atoms with Gasteiger partial charge >= 0.3 is 0 Å². The summed E-state index contributed by atoms with van der Waals surface area (Å²) < 4.78 is 10.7. The molecule has 0 aliphatic carbocycles. The highest BCUT2D eigenvalue weighted by atomic mass is 16.5. The quantitative estimate of drug-likeness (QED) is 0.717. The SMILES string of the molecule is C[C@@H](C(=O)NCc1noc(COc2ccccc2)n1)c1ccccc1. The van der Waals surface area contributed by atoms with Gasteiger partial charge in [0, 0.05) is 0 Å². The van der Waals surface area contributed by atoms with Crippen molar-refractivity contribution in [2.24, 2.45) is 0 Å². The van der Waals surface area contributed by atoms with Gasteiger partial charge in [-0.25, -0.2) is 0 Å². The number of hydrogen-bond acceptors (Lipinski definition) is 5. The van der Waals surface area contributed by atoms with Gasteiger partial charge in [-0.15, -0.1) is 0 Å². The number of amides is 1. The Morgan fingerprint density at radius 2 is 1.80 bits per heavy atom. The van der Waals surface area contributed by atoms with Crippen molar-refractivity contribution in [3.8, 4) is 5.75 Å². The summed E-state index contributed by atoms with van der Waals surface area (Å²) in [6.07, 6.45) is 0. The Bertz CT molecular complexity index is 803. The van der Waals surface area contributed by atoms with Gasteiger partial charge in [0.2, 0.25) is 5.91 Å². The zero-order valence-electron chi connectivity index (χ0n) is 13.9. The first-order valence-electron chi connectivity index (χ1n) is 8.04. The van der Waals surface area contributed by atoms with Crippen molar-refractivity contribution in [3.63, 3.8) is 0 Å². The molecule has 0 saturated carbocycles. The van der Waals surface area contributed by atoms with Gasteiger partial charge in [-0.05, 0) is 24.6 Å². The second-order valence-corrected chi connectivity index (χ2v) is 5.56. The summed E-state index contributed by atoms with van der Waals surface area (Å²) in [6.45, 7) is 2.26. The Morgan fingerprint density at radius 3 is 2.52 bits per heavy atom. The van der Waals surface area contributed by atoms with Crippen LogP contribution in [0.15, 0.2) is 65.2 Å². The number of carbonyl (C=O) groups is 1. The molecule has 0 radical (unpaired) electrons. The average Bonchev–Trinajstić information content (AvgIpc) is 3.13. The molecule has 3 rings (SSSR count). The minimum atomic E-state index is -0.242. The maximum absolute atomic E-state index is 12.2. The predicted octanol–water partition coefficient (Wildman–Crippen LogP) is 3.07. The van der Waals surface area contributed by atoms with Gasteiger partial charge in [-0.1, -0.05) is 53.7 Å². The molecule has 2 aromatic carbocycles. The molecule has 128 valence electrons. The number of hydrogen-bond donors (Lipinski definition) is 1. The number of aromatic nitrogens is 2. The van der Waals surface area contributed by atoms with Crippen molar-refractivity contribution < 1.29 is 14.1 Å². The molecule has 0 spiro atoms. The van der Waals surface area contributed by atoms with E-state index >= 15 is 0 Å². The maximum atomic E-state index is 12.2. The van der Waals surface area contributed by atoms with E-state index in [0.29, 0.717) is 11.7 Å². The fraction of sp³-hybridized carbons (Fsp3) is 0.211. The van der Waals surface area contributed by atoms with Crippen LogP contribution in [-0.2, 0) is 17.9 Å². The van der Waals surface area contributed by atoms with Crippen molar-refractivity contribution in [1.29, 1.82) is 0 Å². The van der Waals surface area contributed by atoms with E-state index in [1.54, 1.807) is 0 Å². The third-order valence-corrected chi connectivity index (χ3v) is 3.73. The molecule has 25 heavy (non-hydrogen) atoms. The fourth-order valence-electron chi connectivity index (χ4n) is 2.29. The van der Waals surface area contributed by atoms with E-state index in [1.807, 2.05) is 67.6 Å². The summed E-state index contributed by atoms with van der Waals surface area (Å²) in [5.41, 5.74) is 0.963. The van der Waals surface area contributed by atoms with Crippen LogP contribution in [0.5, 0.6) is 5.75 Å². The van der Waals surface area contributed by atoms with Crippen molar-refractivity contribution in [3.05, 3.63) is 77.9 Å². The van der Waals surface area contributed by atoms with E-state index in [9.17, 15) is 4.79 Å². The highest BCUT2D eigenvalue weighted by molar-refractivity contribution is 5.83. The molecule has 0 saturated heterocycles. The first kappa shape index (κ1) is 16.7. The molecule has 1 aromatic heterocycles. The second-order valence-electron chi connectivity index (χ2n) is 5.56. The van der Waals surface area contributed by atoms with E-state index < -0.39 is 0 Å². The van der Waals surface area contributed by atoms with Crippen molar-refractivity contribution in [1.82, 2.24) is 15.5 Å². The summed E-state index contributed by atoms with van der Waals surface area (Å²) in [5, 5.41) is 6.67. The molecule has 1 N–H and O–H groups in total. The van der Waals surface area contributed by atoms with E-state index in [2.05, 4.69) is 15.5 Å². The Labute approximate surface area is 145 Å². The number of rotatable bonds is 7. The van der Waals surface area contributed by atoms with Gasteiger partial charge in [0.15, 0.2) is 12.4 Å². The van der Waals surface area contributed by atoms with E-state index in [0.717, 1.165) is 11.3 Å². The summed E-state index contributed by atoms with van der Waals surface area (Å²) in [4.78, 5) is 16.4. The van der Waals surface area contributed by atoms with Gasteiger partial charge in [0.25, 0.3) is 5.89 Å². The summed E-state index contributed by atoms with van der Waals surface area (Å²) >= 11 is 0. The first-order valence-corrected chi connectivity index (χ1v) is 8.04. The molecule has 1 heterocycles. The Kier molecular flexibility index (Phi) is 5.41. The minimum absolute atomic E-state index is 0.0851. The molecule has 0 aliphatic rings. The zero-order valence-corrected chi connectivity index (χ0v) is 13.9. The maximum Gasteiger partial charge on any atom is 0.264 e. The smallest absolute Gasteiger partial charge is 0.264 e. The highest BCUT2D eigenvalue weighted by Crippen LogP contribution is 2.14. The molecule has 0 aliphatic heterocycles. The van der Waals surface area contributed by atoms with Crippen LogP contribution in [0.2, 0.25) is 0 Å². The monoisotopic (exact) mass is 337 g/mol. The van der Waals surface area contributed by atoms with Crippen molar-refractivity contribution in [2.45, 2.75) is 26.0 Å². The van der Waals surface area contributed by atoms with Gasteiger partial charge in [0.1, 0.15) is 5.75 Å². The molecule has 3 aromatic rings. The van der Waals surface area contributed by atoms with E-state index in [4.69, 9.17) is 9.26 Å². The fourth-order valence-corrected chi connectivity index (χ4v) is 2.29. The molecule has 0 bridgehead atoms. The number of nitrogens with one attached hydrogen (secondary N) is 1.